The Morgan fingerprint density at radius 2 is 2.10 bits per heavy atom. The van der Waals surface area contributed by atoms with Crippen LogP contribution in [0.15, 0.2) is 6.07 Å². The van der Waals surface area contributed by atoms with Crippen LogP contribution in [-0.2, 0) is 22.3 Å². The van der Waals surface area contributed by atoms with Gasteiger partial charge in [-0.3, -0.25) is 4.79 Å². The maximum atomic E-state index is 12.7. The van der Waals surface area contributed by atoms with Gasteiger partial charge in [0.15, 0.2) is 5.79 Å². The number of fused-ring (bicyclic) bond motifs is 1. The number of likely N-dealkylation sites (tertiary alicyclic amines) is 1. The highest BCUT2D eigenvalue weighted by atomic mass is 32.1. The fraction of sp³-hybridized carbons (Fsp3) is 0.667. The predicted molar refractivity (Wildman–Crippen MR) is 76.1 cm³/mol. The Morgan fingerprint density at radius 1 is 1.25 bits per heavy atom. The van der Waals surface area contributed by atoms with Gasteiger partial charge < -0.3 is 14.4 Å². The molecule has 2 saturated heterocycles. The third kappa shape index (κ3) is 2.08. The van der Waals surface area contributed by atoms with Crippen LogP contribution >= 0.6 is 11.3 Å². The molecule has 20 heavy (non-hydrogen) atoms. The summed E-state index contributed by atoms with van der Waals surface area (Å²) >= 11 is 1.68. The minimum Gasteiger partial charge on any atom is -0.346 e. The topological polar surface area (TPSA) is 38.8 Å². The Labute approximate surface area is 122 Å². The van der Waals surface area contributed by atoms with Crippen LogP contribution in [0.5, 0.6) is 0 Å². The van der Waals surface area contributed by atoms with Gasteiger partial charge in [0, 0.05) is 17.8 Å². The van der Waals surface area contributed by atoms with Crippen molar-refractivity contribution in [2.75, 3.05) is 26.3 Å². The van der Waals surface area contributed by atoms with Crippen LogP contribution in [0.25, 0.3) is 0 Å². The average molecular weight is 293 g/mol. The molecule has 0 aromatic carbocycles. The number of thiophene rings is 1. The molecule has 4 nitrogen and oxygen atoms in total. The molecular weight excluding hydrogens is 274 g/mol. The molecule has 1 aromatic heterocycles. The number of rotatable bonds is 1. The van der Waals surface area contributed by atoms with E-state index in [0.29, 0.717) is 19.8 Å². The lowest BCUT2D eigenvalue weighted by Gasteiger charge is -2.38. The summed E-state index contributed by atoms with van der Waals surface area (Å²) in [6.45, 7) is 2.69. The second-order valence-corrected chi connectivity index (χ2v) is 6.99. The second-order valence-electron chi connectivity index (χ2n) is 5.85. The molecule has 2 fully saturated rings. The Morgan fingerprint density at radius 3 is 2.90 bits per heavy atom. The van der Waals surface area contributed by atoms with Crippen LogP contribution in [0.1, 0.15) is 39.4 Å². The molecule has 3 heterocycles. The van der Waals surface area contributed by atoms with E-state index in [0.717, 1.165) is 37.1 Å². The van der Waals surface area contributed by atoms with Crippen LogP contribution in [0.4, 0.5) is 0 Å². The van der Waals surface area contributed by atoms with Crippen molar-refractivity contribution in [1.29, 1.82) is 0 Å². The SMILES string of the molecule is O=C(c1cc2c(s1)CCC2)N1CCCC2(C1)OCCO2. The standard InChI is InChI=1S/C15H19NO3S/c17-14(13-9-11-3-1-4-12(11)20-13)16-6-2-5-15(10-16)18-7-8-19-15/h9H,1-8,10H2. The third-order valence-electron chi connectivity index (χ3n) is 4.48. The van der Waals surface area contributed by atoms with Crippen LogP contribution in [0, 0.1) is 0 Å². The molecule has 0 N–H and O–H groups in total. The van der Waals surface area contributed by atoms with E-state index in [-0.39, 0.29) is 5.91 Å². The van der Waals surface area contributed by atoms with Crippen molar-refractivity contribution >= 4 is 17.2 Å². The van der Waals surface area contributed by atoms with Crippen molar-refractivity contribution in [2.24, 2.45) is 0 Å². The molecule has 1 amide bonds. The molecule has 0 saturated carbocycles. The molecule has 2 aliphatic heterocycles. The van der Waals surface area contributed by atoms with Gasteiger partial charge in [-0.15, -0.1) is 11.3 Å². The number of carbonyl (C=O) groups excluding carboxylic acids is 1. The third-order valence-corrected chi connectivity index (χ3v) is 5.70. The van der Waals surface area contributed by atoms with E-state index in [1.165, 1.54) is 16.9 Å². The zero-order valence-corrected chi connectivity index (χ0v) is 12.3. The largest absolute Gasteiger partial charge is 0.346 e. The number of amides is 1. The molecule has 1 aliphatic carbocycles. The Bertz CT molecular complexity index is 512. The van der Waals surface area contributed by atoms with Gasteiger partial charge in [0.1, 0.15) is 0 Å². The van der Waals surface area contributed by atoms with Gasteiger partial charge in [-0.25, -0.2) is 0 Å². The molecule has 1 aromatic rings. The molecule has 0 radical (unpaired) electrons. The highest BCUT2D eigenvalue weighted by Gasteiger charge is 2.42. The molecule has 0 bridgehead atoms. The molecule has 1 spiro atoms. The summed E-state index contributed by atoms with van der Waals surface area (Å²) in [5.74, 6) is -0.365. The van der Waals surface area contributed by atoms with Crippen molar-refractivity contribution in [3.8, 4) is 0 Å². The van der Waals surface area contributed by atoms with Gasteiger partial charge in [0.25, 0.3) is 5.91 Å². The Hall–Kier alpha value is -0.910. The fourth-order valence-corrected chi connectivity index (χ4v) is 4.71. The summed E-state index contributed by atoms with van der Waals surface area (Å²) in [6.07, 6.45) is 5.37. The van der Waals surface area contributed by atoms with Gasteiger partial charge in [-0.05, 0) is 37.3 Å². The zero-order chi connectivity index (χ0) is 13.6. The highest BCUT2D eigenvalue weighted by molar-refractivity contribution is 7.14. The number of carbonyl (C=O) groups is 1. The molecule has 4 rings (SSSR count). The summed E-state index contributed by atoms with van der Waals surface area (Å²) in [5.41, 5.74) is 1.39. The van der Waals surface area contributed by atoms with E-state index < -0.39 is 5.79 Å². The number of ether oxygens (including phenoxy) is 2. The molecular formula is C15H19NO3S. The smallest absolute Gasteiger partial charge is 0.264 e. The number of nitrogens with zero attached hydrogens (tertiary/aromatic N) is 1. The number of hydrogen-bond donors (Lipinski definition) is 0. The first-order valence-electron chi connectivity index (χ1n) is 7.45. The first kappa shape index (κ1) is 12.8. The van der Waals surface area contributed by atoms with E-state index in [4.69, 9.17) is 9.47 Å². The van der Waals surface area contributed by atoms with Crippen LogP contribution in [0.3, 0.4) is 0 Å². The van der Waals surface area contributed by atoms with Gasteiger partial charge in [0.2, 0.25) is 0 Å². The first-order chi connectivity index (χ1) is 9.76. The van der Waals surface area contributed by atoms with Crippen LogP contribution in [0.2, 0.25) is 0 Å². The van der Waals surface area contributed by atoms with Crippen molar-refractivity contribution < 1.29 is 14.3 Å². The normalized spacial score (nSPS) is 24.3. The molecule has 3 aliphatic rings. The zero-order valence-electron chi connectivity index (χ0n) is 11.5. The van der Waals surface area contributed by atoms with Gasteiger partial charge in [0.05, 0.1) is 24.6 Å². The molecule has 0 atom stereocenters. The highest BCUT2D eigenvalue weighted by Crippen LogP contribution is 2.34. The Balaban J connectivity index is 1.52. The summed E-state index contributed by atoms with van der Waals surface area (Å²) in [6, 6.07) is 2.10. The maximum Gasteiger partial charge on any atom is 0.264 e. The van der Waals surface area contributed by atoms with E-state index in [2.05, 4.69) is 6.07 Å². The lowest BCUT2D eigenvalue weighted by atomic mass is 10.0. The predicted octanol–water partition coefficient (Wildman–Crippen LogP) is 2.22. The quantitative estimate of drug-likeness (QED) is 0.797. The number of aryl methyl sites for hydroxylation is 2. The minimum absolute atomic E-state index is 0.155. The monoisotopic (exact) mass is 293 g/mol. The van der Waals surface area contributed by atoms with E-state index in [1.807, 2.05) is 4.90 Å². The summed E-state index contributed by atoms with van der Waals surface area (Å²) < 4.78 is 11.5. The van der Waals surface area contributed by atoms with Gasteiger partial charge in [-0.1, -0.05) is 0 Å². The fourth-order valence-electron chi connectivity index (χ4n) is 3.48. The molecule has 0 unspecified atom stereocenters. The van der Waals surface area contributed by atoms with E-state index in [1.54, 1.807) is 11.3 Å². The van der Waals surface area contributed by atoms with E-state index in [9.17, 15) is 4.79 Å². The van der Waals surface area contributed by atoms with Crippen molar-refractivity contribution in [3.63, 3.8) is 0 Å². The van der Waals surface area contributed by atoms with Crippen LogP contribution in [-0.4, -0.2) is 42.9 Å². The number of piperidine rings is 1. The Kier molecular flexibility index (Phi) is 3.09. The lowest BCUT2D eigenvalue weighted by molar-refractivity contribution is -0.183. The molecule has 5 heteroatoms. The summed E-state index contributed by atoms with van der Waals surface area (Å²) in [7, 11) is 0. The van der Waals surface area contributed by atoms with Gasteiger partial charge in [-0.2, -0.15) is 0 Å². The van der Waals surface area contributed by atoms with Gasteiger partial charge >= 0.3 is 0 Å². The number of hydrogen-bond acceptors (Lipinski definition) is 4. The average Bonchev–Trinajstić information content (AvgIpc) is 3.13. The summed E-state index contributed by atoms with van der Waals surface area (Å²) in [4.78, 5) is 16.9. The van der Waals surface area contributed by atoms with Crippen LogP contribution < -0.4 is 0 Å². The second kappa shape index (κ2) is 4.83. The van der Waals surface area contributed by atoms with E-state index >= 15 is 0 Å². The molecule has 108 valence electrons. The van der Waals surface area contributed by atoms with Crippen molar-refractivity contribution in [3.05, 3.63) is 21.4 Å². The van der Waals surface area contributed by atoms with Crippen molar-refractivity contribution in [2.45, 2.75) is 37.9 Å². The minimum atomic E-state index is -0.520. The maximum absolute atomic E-state index is 12.7. The summed E-state index contributed by atoms with van der Waals surface area (Å²) in [5, 5.41) is 0. The lowest BCUT2D eigenvalue weighted by Crippen LogP contribution is -2.50. The first-order valence-corrected chi connectivity index (χ1v) is 8.26. The van der Waals surface area contributed by atoms with Crippen molar-refractivity contribution in [1.82, 2.24) is 4.90 Å².